The highest BCUT2D eigenvalue weighted by Gasteiger charge is 2.11. The van der Waals surface area contributed by atoms with E-state index in [4.69, 9.17) is 18.0 Å². The molecule has 0 atom stereocenters. The molecule has 0 radical (unpaired) electrons. The van der Waals surface area contributed by atoms with Crippen molar-refractivity contribution in [2.45, 2.75) is 6.92 Å². The van der Waals surface area contributed by atoms with Crippen LogP contribution in [0.3, 0.4) is 0 Å². The lowest BCUT2D eigenvalue weighted by Crippen LogP contribution is -2.22. The first-order valence-corrected chi connectivity index (χ1v) is 6.61. The number of nitrogens with two attached hydrogens (primary N) is 1. The summed E-state index contributed by atoms with van der Waals surface area (Å²) in [5.41, 5.74) is 8.02. The highest BCUT2D eigenvalue weighted by molar-refractivity contribution is 7.80. The van der Waals surface area contributed by atoms with E-state index in [2.05, 4.69) is 10.6 Å². The molecule has 0 bridgehead atoms. The summed E-state index contributed by atoms with van der Waals surface area (Å²) in [5.74, 6) is -0.424. The topological polar surface area (TPSA) is 67.2 Å². The van der Waals surface area contributed by atoms with E-state index in [1.807, 2.05) is 13.0 Å². The van der Waals surface area contributed by atoms with Gasteiger partial charge in [0, 0.05) is 11.3 Å². The molecule has 0 aliphatic heterocycles. The number of nitrogens with one attached hydrogen (secondary N) is 2. The second-order valence-corrected chi connectivity index (χ2v) is 4.89. The Balaban J connectivity index is 2.17. The summed E-state index contributed by atoms with van der Waals surface area (Å²) < 4.78 is 13.1. The van der Waals surface area contributed by atoms with Crippen molar-refractivity contribution in [2.75, 3.05) is 10.6 Å². The number of carbonyl (C=O) groups is 1. The maximum atomic E-state index is 13.1. The van der Waals surface area contributed by atoms with Gasteiger partial charge in [-0.15, -0.1) is 0 Å². The Hall–Kier alpha value is -2.47. The average Bonchev–Trinajstić information content (AvgIpc) is 2.37. The van der Waals surface area contributed by atoms with Gasteiger partial charge in [0.15, 0.2) is 0 Å². The standard InChI is InChI=1S/C15H14FN3OS/c1-9-4-2-7-12(13(9)14(17)21)19-15(20)18-11-6-3-5-10(16)8-11/h2-8H,1H3,(H2,17,21)(H2,18,19,20). The fraction of sp³-hybridized carbons (Fsp3) is 0.0667. The molecule has 0 aromatic heterocycles. The minimum atomic E-state index is -0.497. The molecule has 108 valence electrons. The molecule has 0 heterocycles. The largest absolute Gasteiger partial charge is 0.389 e. The fourth-order valence-electron chi connectivity index (χ4n) is 1.95. The zero-order valence-electron chi connectivity index (χ0n) is 11.3. The van der Waals surface area contributed by atoms with Crippen molar-refractivity contribution < 1.29 is 9.18 Å². The first-order valence-electron chi connectivity index (χ1n) is 6.20. The van der Waals surface area contributed by atoms with E-state index in [1.165, 1.54) is 18.2 Å². The van der Waals surface area contributed by atoms with Crippen molar-refractivity contribution in [1.29, 1.82) is 0 Å². The summed E-state index contributed by atoms with van der Waals surface area (Å²) in [6.45, 7) is 1.85. The third kappa shape index (κ3) is 3.76. The predicted octanol–water partition coefficient (Wildman–Crippen LogP) is 3.41. The molecule has 0 spiro atoms. The number of urea groups is 1. The SMILES string of the molecule is Cc1cccc(NC(=O)Nc2cccc(F)c2)c1C(N)=S. The molecule has 6 heteroatoms. The molecule has 0 fully saturated rings. The Kier molecular flexibility index (Phi) is 4.49. The zero-order chi connectivity index (χ0) is 15.4. The van der Waals surface area contributed by atoms with Crippen LogP contribution in [0.4, 0.5) is 20.6 Å². The van der Waals surface area contributed by atoms with Crippen LogP contribution in [0.1, 0.15) is 11.1 Å². The molecule has 2 rings (SSSR count). The Bertz CT molecular complexity index is 703. The molecule has 0 unspecified atom stereocenters. The summed E-state index contributed by atoms with van der Waals surface area (Å²) in [7, 11) is 0. The van der Waals surface area contributed by atoms with Gasteiger partial charge in [0.05, 0.1) is 5.69 Å². The second-order valence-electron chi connectivity index (χ2n) is 4.45. The molecule has 2 aromatic carbocycles. The molecule has 0 saturated carbocycles. The maximum Gasteiger partial charge on any atom is 0.323 e. The van der Waals surface area contributed by atoms with Crippen LogP contribution >= 0.6 is 12.2 Å². The average molecular weight is 303 g/mol. The molecule has 0 aliphatic rings. The lowest BCUT2D eigenvalue weighted by Gasteiger charge is -2.13. The number of amides is 2. The fourth-order valence-corrected chi connectivity index (χ4v) is 2.22. The van der Waals surface area contributed by atoms with Crippen molar-refractivity contribution in [1.82, 2.24) is 0 Å². The number of anilines is 2. The van der Waals surface area contributed by atoms with E-state index >= 15 is 0 Å². The smallest absolute Gasteiger partial charge is 0.323 e. The van der Waals surface area contributed by atoms with Gasteiger partial charge < -0.3 is 16.4 Å². The van der Waals surface area contributed by atoms with E-state index in [1.54, 1.807) is 18.2 Å². The van der Waals surface area contributed by atoms with Crippen LogP contribution in [-0.2, 0) is 0 Å². The number of aryl methyl sites for hydroxylation is 1. The minimum absolute atomic E-state index is 0.203. The van der Waals surface area contributed by atoms with E-state index in [9.17, 15) is 9.18 Å². The molecular formula is C15H14FN3OS. The van der Waals surface area contributed by atoms with Crippen LogP contribution < -0.4 is 16.4 Å². The van der Waals surface area contributed by atoms with Crippen molar-refractivity contribution in [3.63, 3.8) is 0 Å². The second kappa shape index (κ2) is 6.32. The third-order valence-corrected chi connectivity index (χ3v) is 3.05. The number of hydrogen-bond donors (Lipinski definition) is 3. The molecule has 0 aliphatic carbocycles. The summed E-state index contributed by atoms with van der Waals surface area (Å²) in [5, 5.41) is 5.20. The van der Waals surface area contributed by atoms with Crippen molar-refractivity contribution in [3.8, 4) is 0 Å². The monoisotopic (exact) mass is 303 g/mol. The molecule has 4 N–H and O–H groups in total. The number of carbonyl (C=O) groups excluding carboxylic acids is 1. The van der Waals surface area contributed by atoms with Gasteiger partial charge in [0.1, 0.15) is 10.8 Å². The van der Waals surface area contributed by atoms with Crippen LogP contribution in [-0.4, -0.2) is 11.0 Å². The maximum absolute atomic E-state index is 13.1. The number of benzene rings is 2. The normalized spacial score (nSPS) is 10.0. The first kappa shape index (κ1) is 14.9. The third-order valence-electron chi connectivity index (χ3n) is 2.85. The quantitative estimate of drug-likeness (QED) is 0.761. The summed E-state index contributed by atoms with van der Waals surface area (Å²) in [6.07, 6.45) is 0. The number of halogens is 1. The predicted molar refractivity (Wildman–Crippen MR) is 86.1 cm³/mol. The zero-order valence-corrected chi connectivity index (χ0v) is 12.1. The Morgan fingerprint density at radius 2 is 1.90 bits per heavy atom. The molecule has 4 nitrogen and oxygen atoms in total. The number of rotatable bonds is 3. The van der Waals surface area contributed by atoms with Crippen LogP contribution in [0.25, 0.3) is 0 Å². The lowest BCUT2D eigenvalue weighted by molar-refractivity contribution is 0.262. The van der Waals surface area contributed by atoms with Crippen LogP contribution in [0.15, 0.2) is 42.5 Å². The van der Waals surface area contributed by atoms with Gasteiger partial charge in [-0.1, -0.05) is 30.4 Å². The van der Waals surface area contributed by atoms with Gasteiger partial charge in [0.2, 0.25) is 0 Å². The van der Waals surface area contributed by atoms with Crippen LogP contribution in [0.5, 0.6) is 0 Å². The van der Waals surface area contributed by atoms with Gasteiger partial charge in [-0.2, -0.15) is 0 Å². The van der Waals surface area contributed by atoms with E-state index in [0.29, 0.717) is 16.9 Å². The molecule has 21 heavy (non-hydrogen) atoms. The molecule has 2 aromatic rings. The van der Waals surface area contributed by atoms with E-state index in [-0.39, 0.29) is 4.99 Å². The van der Waals surface area contributed by atoms with Crippen molar-refractivity contribution in [3.05, 3.63) is 59.4 Å². The number of thiocarbonyl (C=S) groups is 1. The Morgan fingerprint density at radius 1 is 1.19 bits per heavy atom. The highest BCUT2D eigenvalue weighted by Crippen LogP contribution is 2.20. The van der Waals surface area contributed by atoms with Crippen LogP contribution in [0, 0.1) is 12.7 Å². The van der Waals surface area contributed by atoms with Crippen molar-refractivity contribution >= 4 is 34.6 Å². The van der Waals surface area contributed by atoms with Gasteiger partial charge >= 0.3 is 6.03 Å². The first-order chi connectivity index (χ1) is 9.97. The molecule has 0 saturated heterocycles. The van der Waals surface area contributed by atoms with Crippen molar-refractivity contribution in [2.24, 2.45) is 5.73 Å². The highest BCUT2D eigenvalue weighted by atomic mass is 32.1. The summed E-state index contributed by atoms with van der Waals surface area (Å²) in [6, 6.07) is 10.5. The van der Waals surface area contributed by atoms with Gasteiger partial charge in [-0.05, 0) is 36.8 Å². The Morgan fingerprint density at radius 3 is 2.57 bits per heavy atom. The summed E-state index contributed by atoms with van der Waals surface area (Å²) >= 11 is 4.99. The van der Waals surface area contributed by atoms with Gasteiger partial charge in [-0.25, -0.2) is 9.18 Å². The van der Waals surface area contributed by atoms with Gasteiger partial charge in [0.25, 0.3) is 0 Å². The van der Waals surface area contributed by atoms with E-state index < -0.39 is 11.8 Å². The number of hydrogen-bond acceptors (Lipinski definition) is 2. The summed E-state index contributed by atoms with van der Waals surface area (Å²) in [4.78, 5) is 12.2. The Labute approximate surface area is 127 Å². The minimum Gasteiger partial charge on any atom is -0.389 e. The van der Waals surface area contributed by atoms with E-state index in [0.717, 1.165) is 5.56 Å². The lowest BCUT2D eigenvalue weighted by atomic mass is 10.1. The molecule has 2 amide bonds. The van der Waals surface area contributed by atoms with Gasteiger partial charge in [-0.3, -0.25) is 0 Å². The molecular weight excluding hydrogens is 289 g/mol. The van der Waals surface area contributed by atoms with Crippen LogP contribution in [0.2, 0.25) is 0 Å².